The van der Waals surface area contributed by atoms with Crippen molar-refractivity contribution in [3.05, 3.63) is 78.6 Å². The van der Waals surface area contributed by atoms with Crippen LogP contribution in [0.1, 0.15) is 11.3 Å². The summed E-state index contributed by atoms with van der Waals surface area (Å²) in [5, 5.41) is 6.45. The largest absolute Gasteiger partial charge is 0.494 e. The first-order valence-corrected chi connectivity index (χ1v) is 10.5. The third kappa shape index (κ3) is 4.08. The van der Waals surface area contributed by atoms with E-state index in [1.54, 1.807) is 19.8 Å². The SMILES string of the molecule is CNc1nc(Nc2ccc(-n3cnc(C)c3)c(OC)c2)nc2ncn(Cc3ccccc3)c12. The van der Waals surface area contributed by atoms with Crippen molar-refractivity contribution >= 4 is 28.6 Å². The first-order chi connectivity index (χ1) is 16.1. The minimum absolute atomic E-state index is 0.449. The van der Waals surface area contributed by atoms with Crippen LogP contribution in [-0.4, -0.2) is 43.2 Å². The van der Waals surface area contributed by atoms with Crippen molar-refractivity contribution < 1.29 is 4.74 Å². The predicted octanol–water partition coefficient (Wildman–Crippen LogP) is 4.16. The van der Waals surface area contributed by atoms with E-state index in [0.29, 0.717) is 29.7 Å². The first-order valence-electron chi connectivity index (χ1n) is 10.5. The zero-order valence-electron chi connectivity index (χ0n) is 18.6. The van der Waals surface area contributed by atoms with Gasteiger partial charge in [0, 0.05) is 31.5 Å². The number of fused-ring (bicyclic) bond motifs is 1. The molecule has 0 aliphatic heterocycles. The molecule has 0 aliphatic carbocycles. The average molecular weight is 441 g/mol. The number of rotatable bonds is 7. The van der Waals surface area contributed by atoms with Gasteiger partial charge < -0.3 is 24.5 Å². The molecule has 0 spiro atoms. The molecule has 3 aromatic heterocycles. The van der Waals surface area contributed by atoms with Crippen molar-refractivity contribution in [2.45, 2.75) is 13.5 Å². The van der Waals surface area contributed by atoms with E-state index in [1.807, 2.05) is 65.7 Å². The average Bonchev–Trinajstić information content (AvgIpc) is 3.45. The lowest BCUT2D eigenvalue weighted by Gasteiger charge is -2.13. The standard InChI is InChI=1S/C24H24N8O/c1-16-12-31(14-26-16)19-10-9-18(11-20(19)33-3)28-24-29-22(25-2)21-23(30-24)27-15-32(21)13-17-7-5-4-6-8-17/h4-12,14-15H,13H2,1-3H3,(H2,25,28,29,30). The highest BCUT2D eigenvalue weighted by Crippen LogP contribution is 2.29. The summed E-state index contributed by atoms with van der Waals surface area (Å²) < 4.78 is 9.58. The molecule has 0 radical (unpaired) electrons. The lowest BCUT2D eigenvalue weighted by molar-refractivity contribution is 0.413. The summed E-state index contributed by atoms with van der Waals surface area (Å²) in [7, 11) is 3.49. The number of benzene rings is 2. The van der Waals surface area contributed by atoms with Gasteiger partial charge in [-0.15, -0.1) is 0 Å². The molecule has 2 N–H and O–H groups in total. The molecule has 0 atom stereocenters. The van der Waals surface area contributed by atoms with Crippen LogP contribution >= 0.6 is 0 Å². The van der Waals surface area contributed by atoms with Crippen molar-refractivity contribution in [1.29, 1.82) is 0 Å². The highest BCUT2D eigenvalue weighted by Gasteiger charge is 2.14. The number of nitrogens with zero attached hydrogens (tertiary/aromatic N) is 6. The molecule has 0 amide bonds. The fraction of sp³-hybridized carbons (Fsp3) is 0.167. The van der Waals surface area contributed by atoms with Gasteiger partial charge in [-0.1, -0.05) is 30.3 Å². The molecule has 9 heteroatoms. The lowest BCUT2D eigenvalue weighted by Crippen LogP contribution is -2.06. The predicted molar refractivity (Wildman–Crippen MR) is 129 cm³/mol. The molecule has 0 saturated carbocycles. The monoisotopic (exact) mass is 440 g/mol. The summed E-state index contributed by atoms with van der Waals surface area (Å²) in [5.74, 6) is 1.86. The summed E-state index contributed by atoms with van der Waals surface area (Å²) in [6.45, 7) is 2.64. The highest BCUT2D eigenvalue weighted by atomic mass is 16.5. The number of nitrogens with one attached hydrogen (secondary N) is 2. The Morgan fingerprint density at radius 3 is 2.58 bits per heavy atom. The molecule has 5 rings (SSSR count). The molecule has 0 unspecified atom stereocenters. The van der Waals surface area contributed by atoms with Gasteiger partial charge in [-0.2, -0.15) is 9.97 Å². The van der Waals surface area contributed by atoms with Gasteiger partial charge >= 0.3 is 0 Å². The van der Waals surface area contributed by atoms with Crippen molar-refractivity contribution in [1.82, 2.24) is 29.1 Å². The molecule has 166 valence electrons. The Labute approximate surface area is 191 Å². The molecule has 0 bridgehead atoms. The summed E-state index contributed by atoms with van der Waals surface area (Å²) in [5.41, 5.74) is 5.29. The zero-order valence-corrected chi connectivity index (χ0v) is 18.6. The van der Waals surface area contributed by atoms with Crippen LogP contribution in [0.5, 0.6) is 5.75 Å². The molecule has 0 saturated heterocycles. The molecular weight excluding hydrogens is 416 g/mol. The fourth-order valence-electron chi connectivity index (χ4n) is 3.76. The van der Waals surface area contributed by atoms with Crippen LogP contribution in [0, 0.1) is 6.92 Å². The van der Waals surface area contributed by atoms with Crippen LogP contribution in [0.4, 0.5) is 17.5 Å². The maximum Gasteiger partial charge on any atom is 0.231 e. The van der Waals surface area contributed by atoms with Crippen LogP contribution < -0.4 is 15.4 Å². The van der Waals surface area contributed by atoms with E-state index in [-0.39, 0.29) is 0 Å². The van der Waals surface area contributed by atoms with Crippen molar-refractivity contribution in [2.75, 3.05) is 24.8 Å². The maximum absolute atomic E-state index is 5.60. The minimum Gasteiger partial charge on any atom is -0.494 e. The zero-order chi connectivity index (χ0) is 22.8. The number of aromatic nitrogens is 6. The second kappa shape index (κ2) is 8.62. The Morgan fingerprint density at radius 2 is 1.85 bits per heavy atom. The second-order valence-electron chi connectivity index (χ2n) is 7.61. The molecular formula is C24H24N8O. The molecule has 0 aliphatic rings. The van der Waals surface area contributed by atoms with E-state index in [4.69, 9.17) is 4.74 Å². The van der Waals surface area contributed by atoms with E-state index < -0.39 is 0 Å². The topological polar surface area (TPSA) is 94.7 Å². The Hall–Kier alpha value is -4.40. The van der Waals surface area contributed by atoms with Crippen LogP contribution in [0.25, 0.3) is 16.9 Å². The van der Waals surface area contributed by atoms with E-state index in [2.05, 4.69) is 42.7 Å². The quantitative estimate of drug-likeness (QED) is 0.392. The smallest absolute Gasteiger partial charge is 0.231 e. The van der Waals surface area contributed by atoms with E-state index in [9.17, 15) is 0 Å². The maximum atomic E-state index is 5.60. The van der Waals surface area contributed by atoms with Crippen molar-refractivity contribution in [3.8, 4) is 11.4 Å². The number of ether oxygens (including phenoxy) is 1. The van der Waals surface area contributed by atoms with E-state index in [1.165, 1.54) is 5.56 Å². The van der Waals surface area contributed by atoms with E-state index >= 15 is 0 Å². The van der Waals surface area contributed by atoms with Gasteiger partial charge in [0.1, 0.15) is 11.3 Å². The Balaban J connectivity index is 1.46. The summed E-state index contributed by atoms with van der Waals surface area (Å²) in [4.78, 5) is 18.1. The molecule has 33 heavy (non-hydrogen) atoms. The fourth-order valence-corrected chi connectivity index (χ4v) is 3.76. The van der Waals surface area contributed by atoms with Gasteiger partial charge in [-0.3, -0.25) is 0 Å². The van der Waals surface area contributed by atoms with Gasteiger partial charge in [-0.25, -0.2) is 9.97 Å². The third-order valence-electron chi connectivity index (χ3n) is 5.33. The van der Waals surface area contributed by atoms with Crippen LogP contribution in [0.2, 0.25) is 0 Å². The number of imidazole rings is 2. The van der Waals surface area contributed by atoms with Crippen molar-refractivity contribution in [2.24, 2.45) is 0 Å². The van der Waals surface area contributed by atoms with Crippen molar-refractivity contribution in [3.63, 3.8) is 0 Å². The Kier molecular flexibility index (Phi) is 5.35. The number of hydrogen-bond acceptors (Lipinski definition) is 7. The van der Waals surface area contributed by atoms with E-state index in [0.717, 1.165) is 22.6 Å². The number of anilines is 3. The van der Waals surface area contributed by atoms with Gasteiger partial charge in [0.05, 0.1) is 31.1 Å². The number of hydrogen-bond donors (Lipinski definition) is 2. The van der Waals surface area contributed by atoms with Gasteiger partial charge in [-0.05, 0) is 24.6 Å². The molecule has 0 fully saturated rings. The second-order valence-corrected chi connectivity index (χ2v) is 7.61. The normalized spacial score (nSPS) is 11.0. The van der Waals surface area contributed by atoms with Gasteiger partial charge in [0.25, 0.3) is 0 Å². The molecule has 3 heterocycles. The Morgan fingerprint density at radius 1 is 1.00 bits per heavy atom. The summed E-state index contributed by atoms with van der Waals surface area (Å²) in [6, 6.07) is 16.1. The number of aryl methyl sites for hydroxylation is 1. The highest BCUT2D eigenvalue weighted by molar-refractivity contribution is 5.85. The van der Waals surface area contributed by atoms with Crippen LogP contribution in [0.15, 0.2) is 67.4 Å². The number of methoxy groups -OCH3 is 1. The molecule has 5 aromatic rings. The Bertz CT molecular complexity index is 1410. The molecule has 9 nitrogen and oxygen atoms in total. The summed E-state index contributed by atoms with van der Waals surface area (Å²) >= 11 is 0. The summed E-state index contributed by atoms with van der Waals surface area (Å²) in [6.07, 6.45) is 5.51. The first kappa shape index (κ1) is 20.5. The van der Waals surface area contributed by atoms with Gasteiger partial charge in [0.15, 0.2) is 11.5 Å². The van der Waals surface area contributed by atoms with Gasteiger partial charge in [0.2, 0.25) is 5.95 Å². The van der Waals surface area contributed by atoms with Crippen LogP contribution in [0.3, 0.4) is 0 Å². The third-order valence-corrected chi connectivity index (χ3v) is 5.33. The lowest BCUT2D eigenvalue weighted by atomic mass is 10.2. The van der Waals surface area contributed by atoms with Crippen LogP contribution in [-0.2, 0) is 6.54 Å². The minimum atomic E-state index is 0.449. The molecule has 2 aromatic carbocycles.